The molecule has 0 atom stereocenters. The molecule has 10 heteroatoms. The first-order chi connectivity index (χ1) is 15.3. The minimum absolute atomic E-state index is 0.0143. The first-order valence-corrected chi connectivity index (χ1v) is 14.2. The fourth-order valence-corrected chi connectivity index (χ4v) is 6.88. The number of nitrogens with one attached hydrogen (secondary N) is 1. The van der Waals surface area contributed by atoms with Crippen LogP contribution >= 0.6 is 46.6 Å². The van der Waals surface area contributed by atoms with Gasteiger partial charge < -0.3 is 5.32 Å². The van der Waals surface area contributed by atoms with E-state index < -0.39 is 10.0 Å². The summed E-state index contributed by atoms with van der Waals surface area (Å²) < 4.78 is 27.1. The second kappa shape index (κ2) is 12.0. The summed E-state index contributed by atoms with van der Waals surface area (Å²) >= 11 is 20.0. The molecule has 1 fully saturated rings. The number of thioether (sulfide) groups is 1. The average molecular weight is 536 g/mol. The zero-order valence-electron chi connectivity index (χ0n) is 17.4. The van der Waals surface area contributed by atoms with E-state index in [1.165, 1.54) is 4.31 Å². The summed E-state index contributed by atoms with van der Waals surface area (Å²) in [7, 11) is -3.56. The zero-order chi connectivity index (χ0) is 23.1. The van der Waals surface area contributed by atoms with Crippen LogP contribution in [-0.4, -0.2) is 44.0 Å². The van der Waals surface area contributed by atoms with Crippen molar-refractivity contribution in [2.75, 3.05) is 25.4 Å². The van der Waals surface area contributed by atoms with Crippen molar-refractivity contribution in [1.29, 1.82) is 0 Å². The fourth-order valence-electron chi connectivity index (χ4n) is 3.55. The van der Waals surface area contributed by atoms with E-state index in [0.29, 0.717) is 48.1 Å². The van der Waals surface area contributed by atoms with Crippen LogP contribution in [0.5, 0.6) is 0 Å². The Morgan fingerprint density at radius 3 is 2.38 bits per heavy atom. The molecule has 0 saturated carbocycles. The van der Waals surface area contributed by atoms with Gasteiger partial charge >= 0.3 is 0 Å². The first kappa shape index (κ1) is 25.7. The summed E-state index contributed by atoms with van der Waals surface area (Å²) in [5.74, 6) is 1.20. The van der Waals surface area contributed by atoms with Crippen LogP contribution in [0.4, 0.5) is 0 Å². The number of halogens is 3. The topological polar surface area (TPSA) is 66.5 Å². The lowest BCUT2D eigenvalue weighted by atomic mass is 9.97. The number of hydrogen-bond acceptors (Lipinski definition) is 4. The highest BCUT2D eigenvalue weighted by atomic mass is 35.5. The number of carbonyl (C=O) groups excluding carboxylic acids is 1. The van der Waals surface area contributed by atoms with E-state index in [4.69, 9.17) is 34.8 Å². The molecule has 0 bridgehead atoms. The summed E-state index contributed by atoms with van der Waals surface area (Å²) in [4.78, 5) is 12.5. The van der Waals surface area contributed by atoms with Gasteiger partial charge in [0, 0.05) is 57.7 Å². The summed E-state index contributed by atoms with van der Waals surface area (Å²) in [5, 5.41) is 4.36. The number of nitrogens with zero attached hydrogens (tertiary/aromatic N) is 1. The van der Waals surface area contributed by atoms with Crippen molar-refractivity contribution in [3.05, 3.63) is 68.7 Å². The summed E-state index contributed by atoms with van der Waals surface area (Å²) in [6.45, 7) is 1.20. The highest BCUT2D eigenvalue weighted by Crippen LogP contribution is 2.29. The van der Waals surface area contributed by atoms with Gasteiger partial charge in [-0.25, -0.2) is 12.7 Å². The molecule has 1 aliphatic rings. The van der Waals surface area contributed by atoms with Crippen LogP contribution in [0.15, 0.2) is 42.5 Å². The maximum atomic E-state index is 12.8. The monoisotopic (exact) mass is 534 g/mol. The van der Waals surface area contributed by atoms with Gasteiger partial charge in [-0.15, -0.1) is 0 Å². The number of hydrogen-bond donors (Lipinski definition) is 1. The lowest BCUT2D eigenvalue weighted by Gasteiger charge is -2.30. The molecule has 32 heavy (non-hydrogen) atoms. The molecule has 1 N–H and O–H groups in total. The van der Waals surface area contributed by atoms with Crippen molar-refractivity contribution >= 4 is 62.5 Å². The number of carbonyl (C=O) groups is 1. The van der Waals surface area contributed by atoms with Crippen molar-refractivity contribution in [2.45, 2.75) is 24.3 Å². The average Bonchev–Trinajstić information content (AvgIpc) is 2.76. The Labute approximate surface area is 208 Å². The van der Waals surface area contributed by atoms with Crippen LogP contribution < -0.4 is 5.32 Å². The quantitative estimate of drug-likeness (QED) is 0.446. The van der Waals surface area contributed by atoms with E-state index in [2.05, 4.69) is 5.32 Å². The molecule has 174 valence electrons. The van der Waals surface area contributed by atoms with Gasteiger partial charge in [0.15, 0.2) is 0 Å². The van der Waals surface area contributed by atoms with E-state index >= 15 is 0 Å². The smallest absolute Gasteiger partial charge is 0.223 e. The zero-order valence-corrected chi connectivity index (χ0v) is 21.3. The van der Waals surface area contributed by atoms with Gasteiger partial charge in [-0.05, 0) is 42.7 Å². The Balaban J connectivity index is 1.40. The van der Waals surface area contributed by atoms with Gasteiger partial charge in [-0.1, -0.05) is 53.0 Å². The van der Waals surface area contributed by atoms with Crippen molar-refractivity contribution < 1.29 is 13.2 Å². The Morgan fingerprint density at radius 1 is 1.06 bits per heavy atom. The van der Waals surface area contributed by atoms with Crippen molar-refractivity contribution in [2.24, 2.45) is 5.92 Å². The van der Waals surface area contributed by atoms with Gasteiger partial charge in [0.1, 0.15) is 0 Å². The Hall–Kier alpha value is -0.960. The van der Waals surface area contributed by atoms with Crippen LogP contribution in [0, 0.1) is 5.92 Å². The Morgan fingerprint density at radius 2 is 1.72 bits per heavy atom. The van der Waals surface area contributed by atoms with Gasteiger partial charge in [0.2, 0.25) is 15.9 Å². The molecule has 3 rings (SSSR count). The first-order valence-electron chi connectivity index (χ1n) is 10.3. The molecule has 0 unspecified atom stereocenters. The standard InChI is InChI=1S/C22H25Cl3N2O3S2/c23-18-4-1-3-16(13-18)14-31-12-9-26-22(28)17-7-10-27(11-8-17)32(29,30)15-19-20(24)5-2-6-21(19)25/h1-6,13,17H,7-12,14-15H2,(H,26,28). The molecule has 5 nitrogen and oxygen atoms in total. The molecule has 0 aliphatic carbocycles. The van der Waals surface area contributed by atoms with E-state index in [1.54, 1.807) is 30.0 Å². The van der Waals surface area contributed by atoms with Gasteiger partial charge in [-0.3, -0.25) is 4.79 Å². The predicted molar refractivity (Wildman–Crippen MR) is 134 cm³/mol. The third-order valence-electron chi connectivity index (χ3n) is 5.31. The molecule has 1 amide bonds. The van der Waals surface area contributed by atoms with E-state index in [-0.39, 0.29) is 17.6 Å². The fraction of sp³-hybridized carbons (Fsp3) is 0.409. The Kier molecular flexibility index (Phi) is 9.58. The minimum Gasteiger partial charge on any atom is -0.355 e. The molecule has 1 saturated heterocycles. The summed E-state index contributed by atoms with van der Waals surface area (Å²) in [5.41, 5.74) is 1.56. The van der Waals surface area contributed by atoms with E-state index in [1.807, 2.05) is 24.3 Å². The van der Waals surface area contributed by atoms with Gasteiger partial charge in [0.05, 0.1) is 5.75 Å². The van der Waals surface area contributed by atoms with Gasteiger partial charge in [0.25, 0.3) is 0 Å². The number of benzene rings is 2. The second-order valence-electron chi connectivity index (χ2n) is 7.60. The number of amides is 1. The van der Waals surface area contributed by atoms with Crippen LogP contribution in [0.25, 0.3) is 0 Å². The molecular weight excluding hydrogens is 511 g/mol. The van der Waals surface area contributed by atoms with Crippen LogP contribution in [0.3, 0.4) is 0 Å². The predicted octanol–water partition coefficient (Wildman–Crippen LogP) is 5.24. The third kappa shape index (κ3) is 7.27. The van der Waals surface area contributed by atoms with Crippen molar-refractivity contribution in [3.8, 4) is 0 Å². The third-order valence-corrected chi connectivity index (χ3v) is 9.09. The number of sulfonamides is 1. The van der Waals surface area contributed by atoms with E-state index in [0.717, 1.165) is 22.1 Å². The molecule has 2 aromatic carbocycles. The van der Waals surface area contributed by atoms with Gasteiger partial charge in [-0.2, -0.15) is 11.8 Å². The molecule has 0 aromatic heterocycles. The maximum absolute atomic E-state index is 12.8. The van der Waals surface area contributed by atoms with Crippen molar-refractivity contribution in [3.63, 3.8) is 0 Å². The molecule has 1 heterocycles. The van der Waals surface area contributed by atoms with Crippen molar-refractivity contribution in [1.82, 2.24) is 9.62 Å². The SMILES string of the molecule is O=C(NCCSCc1cccc(Cl)c1)C1CCN(S(=O)(=O)Cc2c(Cl)cccc2Cl)CC1. The molecular formula is C22H25Cl3N2O3S2. The minimum atomic E-state index is -3.56. The Bertz CT molecular complexity index is 1020. The largest absolute Gasteiger partial charge is 0.355 e. The maximum Gasteiger partial charge on any atom is 0.223 e. The lowest BCUT2D eigenvalue weighted by molar-refractivity contribution is -0.125. The summed E-state index contributed by atoms with van der Waals surface area (Å²) in [6, 6.07) is 12.7. The highest BCUT2D eigenvalue weighted by molar-refractivity contribution is 7.98. The van der Waals surface area contributed by atoms with Crippen LogP contribution in [0.1, 0.15) is 24.0 Å². The lowest BCUT2D eigenvalue weighted by Crippen LogP contribution is -2.43. The molecule has 2 aromatic rings. The molecule has 0 radical (unpaired) electrons. The molecule has 0 spiro atoms. The number of rotatable bonds is 9. The second-order valence-corrected chi connectivity index (χ2v) is 11.9. The highest BCUT2D eigenvalue weighted by Gasteiger charge is 2.31. The normalized spacial score (nSPS) is 15.6. The van der Waals surface area contributed by atoms with Crippen LogP contribution in [-0.2, 0) is 26.3 Å². The molecule has 1 aliphatic heterocycles. The van der Waals surface area contributed by atoms with Crippen LogP contribution in [0.2, 0.25) is 15.1 Å². The van der Waals surface area contributed by atoms with E-state index in [9.17, 15) is 13.2 Å². The summed E-state index contributed by atoms with van der Waals surface area (Å²) in [6.07, 6.45) is 0.994. The number of piperidine rings is 1.